The molecule has 29 heavy (non-hydrogen) atoms. The molecule has 0 aliphatic carbocycles. The van der Waals surface area contributed by atoms with E-state index in [-0.39, 0.29) is 0 Å². The number of benzene rings is 3. The van der Waals surface area contributed by atoms with Crippen LogP contribution in [0.25, 0.3) is 22.0 Å². The molecule has 0 atom stereocenters. The fourth-order valence-corrected chi connectivity index (χ4v) is 3.67. The Labute approximate surface area is 170 Å². The number of amides is 1. The summed E-state index contributed by atoms with van der Waals surface area (Å²) in [6.45, 7) is 6.24. The Kier molecular flexibility index (Phi) is 5.00. The average molecular weight is 381 g/mol. The molecule has 0 saturated heterocycles. The topological polar surface area (TPSA) is 54.0 Å². The zero-order valence-electron chi connectivity index (χ0n) is 16.8. The van der Waals surface area contributed by atoms with E-state index in [4.69, 9.17) is 4.98 Å². The maximum Gasteiger partial charge on any atom is 0.211 e. The van der Waals surface area contributed by atoms with E-state index < -0.39 is 0 Å². The Morgan fingerprint density at radius 1 is 0.828 bits per heavy atom. The molecule has 144 valence electrons. The molecular weight excluding hydrogens is 358 g/mol. The van der Waals surface area contributed by atoms with Gasteiger partial charge < -0.3 is 10.6 Å². The zero-order chi connectivity index (χ0) is 20.4. The molecule has 0 aliphatic rings. The van der Waals surface area contributed by atoms with E-state index in [2.05, 4.69) is 66.9 Å². The predicted molar refractivity (Wildman–Crippen MR) is 121 cm³/mol. The third kappa shape index (κ3) is 3.97. The van der Waals surface area contributed by atoms with Gasteiger partial charge in [0.25, 0.3) is 0 Å². The van der Waals surface area contributed by atoms with E-state index in [1.807, 2.05) is 31.2 Å². The third-order valence-corrected chi connectivity index (χ3v) is 4.96. The second-order valence-corrected chi connectivity index (χ2v) is 7.33. The van der Waals surface area contributed by atoms with Crippen molar-refractivity contribution >= 4 is 34.4 Å². The first-order chi connectivity index (χ1) is 14.0. The normalized spacial score (nSPS) is 10.7. The van der Waals surface area contributed by atoms with E-state index in [9.17, 15) is 4.79 Å². The Morgan fingerprint density at radius 3 is 2.38 bits per heavy atom. The lowest BCUT2D eigenvalue weighted by atomic mass is 10.0. The molecule has 3 aromatic carbocycles. The molecule has 0 spiro atoms. The first kappa shape index (κ1) is 18.7. The van der Waals surface area contributed by atoms with E-state index in [0.717, 1.165) is 44.8 Å². The van der Waals surface area contributed by atoms with Crippen LogP contribution in [-0.4, -0.2) is 11.4 Å². The summed E-state index contributed by atoms with van der Waals surface area (Å²) >= 11 is 0. The van der Waals surface area contributed by atoms with Crippen LogP contribution < -0.4 is 10.6 Å². The molecule has 0 radical (unpaired) electrons. The number of nitrogens with zero attached hydrogens (tertiary/aromatic N) is 1. The first-order valence-corrected chi connectivity index (χ1v) is 9.60. The number of fused-ring (bicyclic) bond motifs is 1. The lowest BCUT2D eigenvalue weighted by molar-refractivity contribution is -0.105. The molecule has 0 fully saturated rings. The van der Waals surface area contributed by atoms with Crippen molar-refractivity contribution in [2.24, 2.45) is 0 Å². The summed E-state index contributed by atoms with van der Waals surface area (Å²) in [5.41, 5.74) is 9.44. The smallest absolute Gasteiger partial charge is 0.211 e. The fourth-order valence-electron chi connectivity index (χ4n) is 3.67. The van der Waals surface area contributed by atoms with Crippen molar-refractivity contribution in [2.75, 3.05) is 10.6 Å². The minimum Gasteiger partial charge on any atom is -0.355 e. The molecule has 4 heteroatoms. The molecule has 1 heterocycles. The molecule has 4 aromatic rings. The summed E-state index contributed by atoms with van der Waals surface area (Å²) in [5.74, 6) is 0. The van der Waals surface area contributed by atoms with Gasteiger partial charge in [0.2, 0.25) is 6.41 Å². The Balaban J connectivity index is 1.66. The van der Waals surface area contributed by atoms with Gasteiger partial charge in [-0.25, -0.2) is 0 Å². The monoisotopic (exact) mass is 381 g/mol. The van der Waals surface area contributed by atoms with Gasteiger partial charge in [-0.2, -0.15) is 0 Å². The van der Waals surface area contributed by atoms with Crippen molar-refractivity contribution in [3.05, 3.63) is 83.6 Å². The maximum absolute atomic E-state index is 10.7. The van der Waals surface area contributed by atoms with Gasteiger partial charge in [-0.05, 0) is 73.9 Å². The molecule has 0 unspecified atom stereocenters. The minimum atomic E-state index is 0.691. The second kappa shape index (κ2) is 7.76. The second-order valence-electron chi connectivity index (χ2n) is 7.33. The highest BCUT2D eigenvalue weighted by Gasteiger charge is 2.08. The highest BCUT2D eigenvalue weighted by Crippen LogP contribution is 2.30. The maximum atomic E-state index is 10.7. The van der Waals surface area contributed by atoms with Gasteiger partial charge in [-0.3, -0.25) is 9.78 Å². The lowest BCUT2D eigenvalue weighted by Crippen LogP contribution is -1.97. The number of rotatable bonds is 5. The summed E-state index contributed by atoms with van der Waals surface area (Å²) in [4.78, 5) is 15.4. The molecule has 0 bridgehead atoms. The molecule has 0 aliphatic heterocycles. The van der Waals surface area contributed by atoms with E-state index in [1.54, 1.807) is 0 Å². The Hall–Kier alpha value is -3.66. The van der Waals surface area contributed by atoms with Crippen molar-refractivity contribution in [3.8, 4) is 11.1 Å². The molecule has 4 rings (SSSR count). The largest absolute Gasteiger partial charge is 0.355 e. The number of hydrogen-bond donors (Lipinski definition) is 2. The highest BCUT2D eigenvalue weighted by atomic mass is 16.1. The van der Waals surface area contributed by atoms with Gasteiger partial charge in [0, 0.05) is 28.1 Å². The number of nitrogens with one attached hydrogen (secondary N) is 2. The third-order valence-electron chi connectivity index (χ3n) is 4.96. The summed E-state index contributed by atoms with van der Waals surface area (Å²) in [6.07, 6.45) is 0.691. The van der Waals surface area contributed by atoms with Crippen molar-refractivity contribution in [1.29, 1.82) is 0 Å². The number of aromatic nitrogens is 1. The lowest BCUT2D eigenvalue weighted by Gasteiger charge is -2.14. The van der Waals surface area contributed by atoms with Crippen molar-refractivity contribution in [2.45, 2.75) is 20.8 Å². The molecular formula is C25H23N3O. The highest BCUT2D eigenvalue weighted by molar-refractivity contribution is 5.95. The van der Waals surface area contributed by atoms with Crippen LogP contribution in [0.2, 0.25) is 0 Å². The van der Waals surface area contributed by atoms with Crippen LogP contribution in [0.3, 0.4) is 0 Å². The van der Waals surface area contributed by atoms with Crippen LogP contribution in [-0.2, 0) is 4.79 Å². The van der Waals surface area contributed by atoms with E-state index >= 15 is 0 Å². The van der Waals surface area contributed by atoms with Crippen LogP contribution in [0.1, 0.15) is 16.8 Å². The van der Waals surface area contributed by atoms with Gasteiger partial charge >= 0.3 is 0 Å². The van der Waals surface area contributed by atoms with Crippen molar-refractivity contribution in [3.63, 3.8) is 0 Å². The van der Waals surface area contributed by atoms with Gasteiger partial charge in [0.1, 0.15) is 0 Å². The molecule has 2 N–H and O–H groups in total. The molecule has 4 nitrogen and oxygen atoms in total. The van der Waals surface area contributed by atoms with Crippen LogP contribution >= 0.6 is 0 Å². The number of anilines is 3. The summed E-state index contributed by atoms with van der Waals surface area (Å²) in [5, 5.41) is 7.38. The quantitative estimate of drug-likeness (QED) is 0.408. The van der Waals surface area contributed by atoms with Crippen LogP contribution in [0.5, 0.6) is 0 Å². The average Bonchev–Trinajstić information content (AvgIpc) is 2.70. The summed E-state index contributed by atoms with van der Waals surface area (Å²) in [7, 11) is 0. The summed E-state index contributed by atoms with van der Waals surface area (Å²) < 4.78 is 0. The van der Waals surface area contributed by atoms with E-state index in [1.165, 1.54) is 11.1 Å². The van der Waals surface area contributed by atoms with Crippen molar-refractivity contribution < 1.29 is 4.79 Å². The fraction of sp³-hybridized carbons (Fsp3) is 0.120. The number of hydrogen-bond acceptors (Lipinski definition) is 3. The first-order valence-electron chi connectivity index (χ1n) is 9.60. The summed E-state index contributed by atoms with van der Waals surface area (Å²) in [6, 6.07) is 22.5. The van der Waals surface area contributed by atoms with E-state index in [0.29, 0.717) is 6.41 Å². The zero-order valence-corrected chi connectivity index (χ0v) is 16.8. The van der Waals surface area contributed by atoms with Crippen LogP contribution in [0, 0.1) is 20.8 Å². The molecule has 1 amide bonds. The van der Waals surface area contributed by atoms with Crippen LogP contribution in [0.4, 0.5) is 17.1 Å². The van der Waals surface area contributed by atoms with Gasteiger partial charge in [-0.15, -0.1) is 0 Å². The SMILES string of the molecule is Cc1cc(C)c2nc(C)cc(Nc3ccc(-c4cccc(NC=O)c4)cc3)c2c1. The van der Waals surface area contributed by atoms with Crippen LogP contribution in [0.15, 0.2) is 66.7 Å². The van der Waals surface area contributed by atoms with Gasteiger partial charge in [0.15, 0.2) is 0 Å². The number of pyridine rings is 1. The molecule has 1 aromatic heterocycles. The standard InChI is InChI=1S/C25H23N3O/c1-16-11-17(2)25-23(12-16)24(13-18(3)27-25)28-21-9-7-19(8-10-21)20-5-4-6-22(14-20)26-15-29/h4-15H,1-3H3,(H,26,29)(H,27,28). The van der Waals surface area contributed by atoms with Gasteiger partial charge in [-0.1, -0.05) is 35.9 Å². The van der Waals surface area contributed by atoms with Gasteiger partial charge in [0.05, 0.1) is 5.52 Å². The number of carbonyl (C=O) groups excluding carboxylic acids is 1. The minimum absolute atomic E-state index is 0.691. The molecule has 0 saturated carbocycles. The number of aryl methyl sites for hydroxylation is 3. The number of carbonyl (C=O) groups is 1. The van der Waals surface area contributed by atoms with Crippen molar-refractivity contribution in [1.82, 2.24) is 4.98 Å². The Morgan fingerprint density at radius 2 is 1.62 bits per heavy atom. The Bertz CT molecular complexity index is 1200. The predicted octanol–water partition coefficient (Wildman–Crippen LogP) is 6.14.